The number of aryl methyl sites for hydroxylation is 1. The standard InChI is InChI=1S/C18H15N3O2/c1-11-2-7-16-13(8-11)9-14(10-22-16)17-20-18(23-21-17)12-3-5-15(19)6-4-12/h2-9H,10,19H2,1H3. The molecule has 0 saturated heterocycles. The Kier molecular flexibility index (Phi) is 3.12. The molecule has 0 spiro atoms. The summed E-state index contributed by atoms with van der Waals surface area (Å²) in [6.07, 6.45) is 2.05. The fraction of sp³-hybridized carbons (Fsp3) is 0.111. The normalized spacial score (nSPS) is 13.2. The molecule has 2 heterocycles. The van der Waals surface area contributed by atoms with Crippen molar-refractivity contribution in [1.82, 2.24) is 10.1 Å². The number of nitrogen functional groups attached to an aromatic ring is 1. The highest BCUT2D eigenvalue weighted by Crippen LogP contribution is 2.31. The zero-order valence-corrected chi connectivity index (χ0v) is 12.6. The summed E-state index contributed by atoms with van der Waals surface area (Å²) >= 11 is 0. The van der Waals surface area contributed by atoms with E-state index in [9.17, 15) is 0 Å². The zero-order chi connectivity index (χ0) is 15.8. The van der Waals surface area contributed by atoms with Crippen LogP contribution in [0.2, 0.25) is 0 Å². The number of hydrogen-bond acceptors (Lipinski definition) is 5. The molecule has 1 aromatic heterocycles. The highest BCUT2D eigenvalue weighted by atomic mass is 16.5. The Labute approximate surface area is 133 Å². The van der Waals surface area contributed by atoms with Crippen molar-refractivity contribution in [1.29, 1.82) is 0 Å². The van der Waals surface area contributed by atoms with Crippen LogP contribution in [-0.4, -0.2) is 16.7 Å². The lowest BCUT2D eigenvalue weighted by Crippen LogP contribution is -2.07. The van der Waals surface area contributed by atoms with Gasteiger partial charge < -0.3 is 15.0 Å². The van der Waals surface area contributed by atoms with Crippen molar-refractivity contribution in [3.63, 3.8) is 0 Å². The number of anilines is 1. The van der Waals surface area contributed by atoms with Crippen LogP contribution < -0.4 is 10.5 Å². The van der Waals surface area contributed by atoms with Gasteiger partial charge in [0.25, 0.3) is 5.89 Å². The number of benzene rings is 2. The number of ether oxygens (including phenoxy) is 1. The molecule has 0 amide bonds. The van der Waals surface area contributed by atoms with Crippen LogP contribution in [0.25, 0.3) is 23.1 Å². The molecule has 1 aliphatic rings. The number of hydrogen-bond donors (Lipinski definition) is 1. The van der Waals surface area contributed by atoms with E-state index in [-0.39, 0.29) is 0 Å². The van der Waals surface area contributed by atoms with E-state index in [1.165, 1.54) is 5.56 Å². The highest BCUT2D eigenvalue weighted by Gasteiger charge is 2.18. The Balaban J connectivity index is 1.68. The molecule has 1 aliphatic heterocycles. The lowest BCUT2D eigenvalue weighted by Gasteiger charge is -2.16. The van der Waals surface area contributed by atoms with Gasteiger partial charge in [0.15, 0.2) is 0 Å². The molecule has 0 unspecified atom stereocenters. The van der Waals surface area contributed by atoms with E-state index in [2.05, 4.69) is 23.1 Å². The number of aromatic nitrogens is 2. The minimum Gasteiger partial charge on any atom is -0.488 e. The molecule has 4 rings (SSSR count). The van der Waals surface area contributed by atoms with Crippen LogP contribution in [0, 0.1) is 6.92 Å². The Hall–Kier alpha value is -3.08. The smallest absolute Gasteiger partial charge is 0.258 e. The van der Waals surface area contributed by atoms with Crippen LogP contribution in [0.1, 0.15) is 17.0 Å². The summed E-state index contributed by atoms with van der Waals surface area (Å²) in [4.78, 5) is 4.46. The van der Waals surface area contributed by atoms with Crippen molar-refractivity contribution in [2.24, 2.45) is 0 Å². The first-order valence-corrected chi connectivity index (χ1v) is 7.33. The molecule has 0 atom stereocenters. The van der Waals surface area contributed by atoms with E-state index in [1.807, 2.05) is 30.3 Å². The van der Waals surface area contributed by atoms with Crippen LogP contribution >= 0.6 is 0 Å². The van der Waals surface area contributed by atoms with Crippen LogP contribution in [-0.2, 0) is 0 Å². The van der Waals surface area contributed by atoms with Crippen LogP contribution in [0.4, 0.5) is 5.69 Å². The van der Waals surface area contributed by atoms with Gasteiger partial charge in [-0.05, 0) is 49.4 Å². The van der Waals surface area contributed by atoms with Crippen molar-refractivity contribution in [2.75, 3.05) is 12.3 Å². The number of fused-ring (bicyclic) bond motifs is 1. The predicted octanol–water partition coefficient (Wildman–Crippen LogP) is 3.56. The number of rotatable bonds is 2. The molecule has 0 radical (unpaired) electrons. The average Bonchev–Trinajstić information content (AvgIpc) is 3.05. The molecule has 23 heavy (non-hydrogen) atoms. The molecule has 2 N–H and O–H groups in total. The SMILES string of the molecule is Cc1ccc2c(c1)C=C(c1noc(-c3ccc(N)cc3)n1)CO2. The average molecular weight is 305 g/mol. The molecule has 2 aromatic carbocycles. The topological polar surface area (TPSA) is 74.2 Å². The first-order chi connectivity index (χ1) is 11.2. The Morgan fingerprint density at radius 3 is 2.74 bits per heavy atom. The van der Waals surface area contributed by atoms with E-state index in [0.29, 0.717) is 24.0 Å². The van der Waals surface area contributed by atoms with Gasteiger partial charge in [0.05, 0.1) is 0 Å². The van der Waals surface area contributed by atoms with E-state index < -0.39 is 0 Å². The summed E-state index contributed by atoms with van der Waals surface area (Å²) in [6.45, 7) is 2.48. The van der Waals surface area contributed by atoms with Gasteiger partial charge in [0.1, 0.15) is 12.4 Å². The molecule has 5 heteroatoms. The maximum atomic E-state index is 5.77. The quantitative estimate of drug-likeness (QED) is 0.733. The third kappa shape index (κ3) is 2.57. The third-order valence-electron chi connectivity index (χ3n) is 3.75. The molecule has 0 bridgehead atoms. The second kappa shape index (κ2) is 5.28. The van der Waals surface area contributed by atoms with Crippen LogP contribution in [0.3, 0.4) is 0 Å². The van der Waals surface area contributed by atoms with Gasteiger partial charge in [0, 0.05) is 22.4 Å². The van der Waals surface area contributed by atoms with E-state index in [4.69, 9.17) is 15.0 Å². The second-order valence-electron chi connectivity index (χ2n) is 5.54. The van der Waals surface area contributed by atoms with Gasteiger partial charge in [0.2, 0.25) is 5.82 Å². The Bertz CT molecular complexity index is 895. The van der Waals surface area contributed by atoms with Gasteiger partial charge in [-0.3, -0.25) is 0 Å². The predicted molar refractivity (Wildman–Crippen MR) is 88.7 cm³/mol. The van der Waals surface area contributed by atoms with Crippen LogP contribution in [0.15, 0.2) is 47.0 Å². The van der Waals surface area contributed by atoms with E-state index >= 15 is 0 Å². The van der Waals surface area contributed by atoms with Crippen molar-refractivity contribution < 1.29 is 9.26 Å². The molecule has 0 saturated carbocycles. The first-order valence-electron chi connectivity index (χ1n) is 7.33. The highest BCUT2D eigenvalue weighted by molar-refractivity contribution is 5.83. The third-order valence-corrected chi connectivity index (χ3v) is 3.75. The summed E-state index contributed by atoms with van der Waals surface area (Å²) in [5.74, 6) is 1.89. The monoisotopic (exact) mass is 305 g/mol. The van der Waals surface area contributed by atoms with Gasteiger partial charge in [-0.25, -0.2) is 0 Å². The molecule has 0 aliphatic carbocycles. The Morgan fingerprint density at radius 2 is 1.91 bits per heavy atom. The molecule has 114 valence electrons. The summed E-state index contributed by atoms with van der Waals surface area (Å²) < 4.78 is 11.1. The summed E-state index contributed by atoms with van der Waals surface area (Å²) in [7, 11) is 0. The fourth-order valence-corrected chi connectivity index (χ4v) is 2.52. The van der Waals surface area contributed by atoms with Gasteiger partial charge in [-0.1, -0.05) is 16.8 Å². The maximum Gasteiger partial charge on any atom is 0.258 e. The lowest BCUT2D eigenvalue weighted by molar-refractivity contribution is 0.363. The van der Waals surface area contributed by atoms with Gasteiger partial charge >= 0.3 is 0 Å². The minimum atomic E-state index is 0.427. The first kappa shape index (κ1) is 13.6. The lowest BCUT2D eigenvalue weighted by atomic mass is 10.0. The molecule has 0 fully saturated rings. The van der Waals surface area contributed by atoms with E-state index in [0.717, 1.165) is 22.4 Å². The van der Waals surface area contributed by atoms with Crippen molar-refractivity contribution in [2.45, 2.75) is 6.92 Å². The van der Waals surface area contributed by atoms with Crippen molar-refractivity contribution >= 4 is 17.3 Å². The van der Waals surface area contributed by atoms with Gasteiger partial charge in [-0.2, -0.15) is 4.98 Å². The fourth-order valence-electron chi connectivity index (χ4n) is 2.52. The van der Waals surface area contributed by atoms with Crippen LogP contribution in [0.5, 0.6) is 5.75 Å². The minimum absolute atomic E-state index is 0.427. The number of nitrogens with zero attached hydrogens (tertiary/aromatic N) is 2. The molecule has 3 aromatic rings. The molecule has 5 nitrogen and oxygen atoms in total. The van der Waals surface area contributed by atoms with E-state index in [1.54, 1.807) is 12.1 Å². The largest absolute Gasteiger partial charge is 0.488 e. The zero-order valence-electron chi connectivity index (χ0n) is 12.6. The molecular weight excluding hydrogens is 290 g/mol. The number of nitrogens with two attached hydrogens (primary N) is 1. The summed E-state index contributed by atoms with van der Waals surface area (Å²) in [6, 6.07) is 13.4. The van der Waals surface area contributed by atoms with Crippen molar-refractivity contribution in [3.8, 4) is 17.2 Å². The molecular formula is C18H15N3O2. The summed E-state index contributed by atoms with van der Waals surface area (Å²) in [5.41, 5.74) is 10.3. The maximum absolute atomic E-state index is 5.77. The summed E-state index contributed by atoms with van der Waals surface area (Å²) in [5, 5.41) is 4.07. The second-order valence-corrected chi connectivity index (χ2v) is 5.54. The van der Waals surface area contributed by atoms with Gasteiger partial charge in [-0.15, -0.1) is 0 Å². The van der Waals surface area contributed by atoms with Crippen molar-refractivity contribution in [3.05, 3.63) is 59.4 Å². The Morgan fingerprint density at radius 1 is 1.09 bits per heavy atom.